The van der Waals surface area contributed by atoms with E-state index >= 15 is 0 Å². The Hall–Kier alpha value is -2.71. The van der Waals surface area contributed by atoms with Crippen LogP contribution >= 0.6 is 0 Å². The van der Waals surface area contributed by atoms with Crippen molar-refractivity contribution in [3.63, 3.8) is 0 Å². The maximum atomic E-state index is 12.8. The zero-order chi connectivity index (χ0) is 16.8. The van der Waals surface area contributed by atoms with Gasteiger partial charge < -0.3 is 15.1 Å². The molecule has 2 heterocycles. The highest BCUT2D eigenvalue weighted by molar-refractivity contribution is 5.69. The quantitative estimate of drug-likeness (QED) is 0.889. The number of carboxylic acid groups (broad SMARTS) is 1. The molecule has 0 bridgehead atoms. The van der Waals surface area contributed by atoms with Crippen LogP contribution in [0, 0.1) is 0 Å². The van der Waals surface area contributed by atoms with E-state index in [2.05, 4.69) is 5.10 Å². The Morgan fingerprint density at radius 2 is 1.96 bits per heavy atom. The third-order valence-electron chi connectivity index (χ3n) is 3.75. The Balaban J connectivity index is 1.95. The number of aromatic hydroxyl groups is 1. The SMILES string of the molecule is O=C(O)N1CC(n2nccc2-c2cc(C(F)(F)F)ccc2O)C1. The largest absolute Gasteiger partial charge is 0.507 e. The molecule has 0 aliphatic carbocycles. The lowest BCUT2D eigenvalue weighted by Gasteiger charge is -2.37. The number of phenolic OH excluding ortho intramolecular Hbond substituents is 1. The van der Waals surface area contributed by atoms with Crippen molar-refractivity contribution in [1.82, 2.24) is 14.7 Å². The van der Waals surface area contributed by atoms with Crippen LogP contribution in [0.15, 0.2) is 30.5 Å². The van der Waals surface area contributed by atoms with Crippen molar-refractivity contribution >= 4 is 6.09 Å². The number of alkyl halides is 3. The molecular formula is C14H12F3N3O3. The van der Waals surface area contributed by atoms with Crippen molar-refractivity contribution in [2.24, 2.45) is 0 Å². The first kappa shape index (κ1) is 15.2. The molecule has 122 valence electrons. The topological polar surface area (TPSA) is 78.6 Å². The molecule has 1 aromatic carbocycles. The molecule has 1 saturated heterocycles. The number of nitrogens with zero attached hydrogens (tertiary/aromatic N) is 3. The van der Waals surface area contributed by atoms with Gasteiger partial charge in [-0.15, -0.1) is 0 Å². The molecule has 1 fully saturated rings. The van der Waals surface area contributed by atoms with E-state index < -0.39 is 17.8 Å². The molecule has 1 aromatic heterocycles. The highest BCUT2D eigenvalue weighted by Crippen LogP contribution is 2.38. The van der Waals surface area contributed by atoms with Crippen LogP contribution in [0.25, 0.3) is 11.3 Å². The molecule has 0 radical (unpaired) electrons. The summed E-state index contributed by atoms with van der Waals surface area (Å²) in [5.74, 6) is -0.297. The molecule has 1 aliphatic rings. The van der Waals surface area contributed by atoms with E-state index in [0.29, 0.717) is 5.69 Å². The van der Waals surface area contributed by atoms with Crippen LogP contribution in [0.5, 0.6) is 5.75 Å². The Kier molecular flexibility index (Phi) is 3.42. The van der Waals surface area contributed by atoms with Gasteiger partial charge >= 0.3 is 12.3 Å². The van der Waals surface area contributed by atoms with Gasteiger partial charge in [-0.1, -0.05) is 0 Å². The van der Waals surface area contributed by atoms with Gasteiger partial charge in [0, 0.05) is 24.8 Å². The average molecular weight is 327 g/mol. The van der Waals surface area contributed by atoms with E-state index in [-0.39, 0.29) is 30.4 Å². The van der Waals surface area contributed by atoms with Crippen molar-refractivity contribution in [3.05, 3.63) is 36.0 Å². The van der Waals surface area contributed by atoms with Gasteiger partial charge in [-0.25, -0.2) is 4.79 Å². The zero-order valence-electron chi connectivity index (χ0n) is 11.7. The van der Waals surface area contributed by atoms with Gasteiger partial charge in [-0.05, 0) is 24.3 Å². The Morgan fingerprint density at radius 1 is 1.26 bits per heavy atom. The lowest BCUT2D eigenvalue weighted by molar-refractivity contribution is -0.137. The second-order valence-corrected chi connectivity index (χ2v) is 5.23. The first-order chi connectivity index (χ1) is 10.8. The fourth-order valence-corrected chi connectivity index (χ4v) is 2.50. The number of hydrogen-bond donors (Lipinski definition) is 2. The van der Waals surface area contributed by atoms with Crippen molar-refractivity contribution < 1.29 is 28.2 Å². The molecule has 0 atom stereocenters. The molecule has 9 heteroatoms. The Labute approximate surface area is 128 Å². The molecule has 1 amide bonds. The summed E-state index contributed by atoms with van der Waals surface area (Å²) in [5.41, 5.74) is -0.562. The van der Waals surface area contributed by atoms with E-state index in [9.17, 15) is 23.1 Å². The lowest BCUT2D eigenvalue weighted by Crippen LogP contribution is -2.50. The minimum atomic E-state index is -4.52. The summed E-state index contributed by atoms with van der Waals surface area (Å²) in [5, 5.41) is 22.8. The summed E-state index contributed by atoms with van der Waals surface area (Å²) in [4.78, 5) is 12.0. The predicted octanol–water partition coefficient (Wildman–Crippen LogP) is 2.81. The highest BCUT2D eigenvalue weighted by atomic mass is 19.4. The minimum Gasteiger partial charge on any atom is -0.507 e. The molecule has 1 aliphatic heterocycles. The lowest BCUT2D eigenvalue weighted by atomic mass is 10.0. The first-order valence-electron chi connectivity index (χ1n) is 6.69. The van der Waals surface area contributed by atoms with Crippen LogP contribution in [-0.2, 0) is 6.18 Å². The maximum Gasteiger partial charge on any atom is 0.416 e. The van der Waals surface area contributed by atoms with Crippen LogP contribution < -0.4 is 0 Å². The molecule has 2 N–H and O–H groups in total. The normalized spacial score (nSPS) is 15.5. The summed E-state index contributed by atoms with van der Waals surface area (Å²) < 4.78 is 40.0. The van der Waals surface area contributed by atoms with Gasteiger partial charge in [-0.3, -0.25) is 4.68 Å². The van der Waals surface area contributed by atoms with Gasteiger partial charge in [0.25, 0.3) is 0 Å². The van der Waals surface area contributed by atoms with Crippen LogP contribution in [-0.4, -0.2) is 44.1 Å². The predicted molar refractivity (Wildman–Crippen MR) is 73.0 cm³/mol. The fourth-order valence-electron chi connectivity index (χ4n) is 2.50. The minimum absolute atomic E-state index is 0.00565. The van der Waals surface area contributed by atoms with E-state index in [4.69, 9.17) is 5.11 Å². The third-order valence-corrected chi connectivity index (χ3v) is 3.75. The Morgan fingerprint density at radius 3 is 2.57 bits per heavy atom. The maximum absolute atomic E-state index is 12.8. The van der Waals surface area contributed by atoms with Gasteiger partial charge in [-0.2, -0.15) is 18.3 Å². The summed E-state index contributed by atoms with van der Waals surface area (Å²) >= 11 is 0. The summed E-state index contributed by atoms with van der Waals surface area (Å²) in [6, 6.07) is 3.86. The van der Waals surface area contributed by atoms with Crippen molar-refractivity contribution in [2.75, 3.05) is 13.1 Å². The van der Waals surface area contributed by atoms with Crippen molar-refractivity contribution in [1.29, 1.82) is 0 Å². The number of phenols is 1. The molecule has 23 heavy (non-hydrogen) atoms. The summed E-state index contributed by atoms with van der Waals surface area (Å²) in [6.45, 7) is 0.396. The monoisotopic (exact) mass is 327 g/mol. The average Bonchev–Trinajstić information content (AvgIpc) is 2.84. The number of carbonyl (C=O) groups is 1. The van der Waals surface area contributed by atoms with Crippen LogP contribution in [0.2, 0.25) is 0 Å². The van der Waals surface area contributed by atoms with Gasteiger partial charge in [0.1, 0.15) is 5.75 Å². The zero-order valence-corrected chi connectivity index (χ0v) is 11.7. The molecule has 2 aromatic rings. The standard InChI is InChI=1S/C14H12F3N3O3/c15-14(16,17)8-1-2-12(21)10(5-8)11-3-4-18-20(11)9-6-19(7-9)13(22)23/h1-5,9,21H,6-7H2,(H,22,23). The van der Waals surface area contributed by atoms with Crippen molar-refractivity contribution in [2.45, 2.75) is 12.2 Å². The highest BCUT2D eigenvalue weighted by Gasteiger charge is 2.35. The van der Waals surface area contributed by atoms with Gasteiger partial charge in [0.2, 0.25) is 0 Å². The van der Waals surface area contributed by atoms with Gasteiger partial charge in [0.15, 0.2) is 0 Å². The van der Waals surface area contributed by atoms with Crippen molar-refractivity contribution in [3.8, 4) is 17.0 Å². The van der Waals surface area contributed by atoms with Crippen LogP contribution in [0.1, 0.15) is 11.6 Å². The van der Waals surface area contributed by atoms with E-state index in [1.165, 1.54) is 21.8 Å². The number of halogens is 3. The van der Waals surface area contributed by atoms with Crippen LogP contribution in [0.3, 0.4) is 0 Å². The number of aromatic nitrogens is 2. The summed E-state index contributed by atoms with van der Waals surface area (Å²) in [6.07, 6.45) is -4.18. The summed E-state index contributed by atoms with van der Waals surface area (Å²) in [7, 11) is 0. The molecule has 3 rings (SSSR count). The number of rotatable bonds is 2. The Bertz CT molecular complexity index is 751. The van der Waals surface area contributed by atoms with E-state index in [0.717, 1.165) is 18.2 Å². The fraction of sp³-hybridized carbons (Fsp3) is 0.286. The molecule has 0 unspecified atom stereocenters. The second-order valence-electron chi connectivity index (χ2n) is 5.23. The second kappa shape index (κ2) is 5.18. The number of amides is 1. The molecular weight excluding hydrogens is 315 g/mol. The van der Waals surface area contributed by atoms with Gasteiger partial charge in [0.05, 0.1) is 17.3 Å². The number of benzene rings is 1. The van der Waals surface area contributed by atoms with E-state index in [1.807, 2.05) is 0 Å². The third kappa shape index (κ3) is 2.69. The molecule has 0 saturated carbocycles. The smallest absolute Gasteiger partial charge is 0.416 e. The van der Waals surface area contributed by atoms with E-state index in [1.54, 1.807) is 0 Å². The van der Waals surface area contributed by atoms with Crippen LogP contribution in [0.4, 0.5) is 18.0 Å². The first-order valence-corrected chi connectivity index (χ1v) is 6.69. The number of hydrogen-bond acceptors (Lipinski definition) is 3. The molecule has 6 nitrogen and oxygen atoms in total. The molecule has 0 spiro atoms. The number of likely N-dealkylation sites (tertiary alicyclic amines) is 1.